The van der Waals surface area contributed by atoms with E-state index >= 15 is 4.39 Å². The Morgan fingerprint density at radius 1 is 1.12 bits per heavy atom. The van der Waals surface area contributed by atoms with E-state index in [4.69, 9.17) is 14.3 Å². The van der Waals surface area contributed by atoms with Gasteiger partial charge in [-0.3, -0.25) is 9.59 Å². The quantitative estimate of drug-likeness (QED) is 0.138. The summed E-state index contributed by atoms with van der Waals surface area (Å²) in [6, 6.07) is 9.59. The second-order valence-electron chi connectivity index (χ2n) is 12.7. The van der Waals surface area contributed by atoms with E-state index in [2.05, 4.69) is 10.1 Å². The zero-order chi connectivity index (χ0) is 32.2. The van der Waals surface area contributed by atoms with E-state index in [-0.39, 0.29) is 31.5 Å². The van der Waals surface area contributed by atoms with Gasteiger partial charge in [-0.2, -0.15) is 0 Å². The van der Waals surface area contributed by atoms with Gasteiger partial charge in [0, 0.05) is 24.5 Å². The SMILES string of the molecule is CC(=O)/N=C1\[C@H](C)C[C@]2(C)C[C@@H](C)C(=O)[C@](C)(F)C(=O)O[C@H](I)[C@@](C)(O)[C@H](CC/C(=N\OCc3ccccc3)CO2)[C@H]1C. The van der Waals surface area contributed by atoms with Crippen molar-refractivity contribution in [3.05, 3.63) is 35.9 Å². The van der Waals surface area contributed by atoms with Gasteiger partial charge in [0.2, 0.25) is 5.91 Å². The topological polar surface area (TPSA) is 124 Å². The molecule has 0 radical (unpaired) electrons. The monoisotopic (exact) mass is 714 g/mol. The van der Waals surface area contributed by atoms with Gasteiger partial charge in [0.15, 0.2) is 9.89 Å². The Labute approximate surface area is 267 Å². The molecule has 1 aromatic rings. The van der Waals surface area contributed by atoms with Crippen molar-refractivity contribution in [2.45, 2.75) is 102 Å². The molecule has 1 amide bonds. The van der Waals surface area contributed by atoms with Gasteiger partial charge in [-0.1, -0.05) is 56.3 Å². The summed E-state index contributed by atoms with van der Waals surface area (Å²) in [6.07, 6.45) is 1.13. The number of ether oxygens (including phenoxy) is 2. The largest absolute Gasteiger partial charge is 0.446 e. The lowest BCUT2D eigenvalue weighted by atomic mass is 9.71. The molecule has 0 aromatic heterocycles. The zero-order valence-electron chi connectivity index (χ0n) is 26.1. The van der Waals surface area contributed by atoms with Crippen LogP contribution < -0.4 is 0 Å². The van der Waals surface area contributed by atoms with Crippen molar-refractivity contribution in [2.75, 3.05) is 6.61 Å². The van der Waals surface area contributed by atoms with Crippen molar-refractivity contribution >= 4 is 51.7 Å². The lowest BCUT2D eigenvalue weighted by Crippen LogP contribution is -2.53. The highest BCUT2D eigenvalue weighted by Gasteiger charge is 2.52. The van der Waals surface area contributed by atoms with Gasteiger partial charge >= 0.3 is 5.97 Å². The minimum atomic E-state index is -2.92. The number of nitrogens with zero attached hydrogens (tertiary/aromatic N) is 2. The number of oxime groups is 1. The number of benzene rings is 1. The Balaban J connectivity index is 2.16. The van der Waals surface area contributed by atoms with Crippen molar-refractivity contribution in [2.24, 2.45) is 33.8 Å². The molecule has 2 aliphatic rings. The van der Waals surface area contributed by atoms with Crippen LogP contribution in [0.5, 0.6) is 0 Å². The maximum absolute atomic E-state index is 15.8. The molecule has 2 aliphatic heterocycles. The fourth-order valence-electron chi connectivity index (χ4n) is 6.34. The first-order chi connectivity index (χ1) is 20.0. The molecule has 11 heteroatoms. The van der Waals surface area contributed by atoms with Gasteiger partial charge in [-0.05, 0) is 86.4 Å². The number of aliphatic hydroxyl groups is 1. The number of fused-ring (bicyclic) bond motifs is 5. The first-order valence-electron chi connectivity index (χ1n) is 14.7. The molecule has 1 N–H and O–H groups in total. The predicted molar refractivity (Wildman–Crippen MR) is 170 cm³/mol. The van der Waals surface area contributed by atoms with Crippen LogP contribution >= 0.6 is 22.6 Å². The molecule has 43 heavy (non-hydrogen) atoms. The molecule has 1 aromatic carbocycles. The highest BCUT2D eigenvalue weighted by Crippen LogP contribution is 2.42. The van der Waals surface area contributed by atoms with Crippen LogP contribution in [0.2, 0.25) is 0 Å². The highest BCUT2D eigenvalue weighted by atomic mass is 127. The van der Waals surface area contributed by atoms with E-state index < -0.39 is 50.5 Å². The first-order valence-corrected chi connectivity index (χ1v) is 16.0. The summed E-state index contributed by atoms with van der Waals surface area (Å²) in [5.74, 6) is -4.95. The van der Waals surface area contributed by atoms with Gasteiger partial charge in [0.25, 0.3) is 5.67 Å². The molecule has 0 spiro atoms. The number of rotatable bonds is 3. The average molecular weight is 715 g/mol. The summed E-state index contributed by atoms with van der Waals surface area (Å²) in [7, 11) is 0. The molecule has 9 nitrogen and oxygen atoms in total. The van der Waals surface area contributed by atoms with E-state index in [1.54, 1.807) is 29.5 Å². The van der Waals surface area contributed by atoms with Crippen molar-refractivity contribution in [3.8, 4) is 0 Å². The average Bonchev–Trinajstić information content (AvgIpc) is 2.94. The fourth-order valence-corrected chi connectivity index (χ4v) is 7.04. The Morgan fingerprint density at radius 3 is 2.37 bits per heavy atom. The number of Topliss-reactive ketones (excluding diaryl/α,β-unsaturated/α-hetero) is 1. The summed E-state index contributed by atoms with van der Waals surface area (Å²) in [4.78, 5) is 48.8. The first kappa shape index (κ1) is 35.2. The van der Waals surface area contributed by atoms with Crippen LogP contribution in [0.25, 0.3) is 0 Å². The number of amides is 1. The zero-order valence-corrected chi connectivity index (χ0v) is 28.2. The van der Waals surface area contributed by atoms with Crippen LogP contribution in [-0.4, -0.2) is 61.8 Å². The molecule has 3 rings (SSSR count). The number of cyclic esters (lactones) is 1. The number of carbonyl (C=O) groups is 3. The summed E-state index contributed by atoms with van der Waals surface area (Å²) >= 11 is 1.77. The number of hydrogen-bond donors (Lipinski definition) is 1. The molecule has 2 heterocycles. The third kappa shape index (κ3) is 8.69. The maximum atomic E-state index is 15.8. The second kappa shape index (κ2) is 14.2. The number of esters is 1. The van der Waals surface area contributed by atoms with Gasteiger partial charge in [-0.25, -0.2) is 14.2 Å². The molecular weight excluding hydrogens is 670 g/mol. The summed E-state index contributed by atoms with van der Waals surface area (Å²) in [5, 5.41) is 16.4. The van der Waals surface area contributed by atoms with Gasteiger partial charge < -0.3 is 19.4 Å². The van der Waals surface area contributed by atoms with Crippen LogP contribution in [0.15, 0.2) is 40.5 Å². The molecule has 0 saturated carbocycles. The minimum absolute atomic E-state index is 0.0668. The number of carbonyl (C=O) groups excluding carboxylic acids is 3. The molecule has 2 fully saturated rings. The van der Waals surface area contributed by atoms with Gasteiger partial charge in [-0.15, -0.1) is 0 Å². The maximum Gasteiger partial charge on any atom is 0.352 e. The molecule has 0 aliphatic carbocycles. The molecular formula is C32H44FIN2O7. The van der Waals surface area contributed by atoms with Crippen molar-refractivity contribution in [1.82, 2.24) is 0 Å². The lowest BCUT2D eigenvalue weighted by molar-refractivity contribution is -0.174. The van der Waals surface area contributed by atoms with Gasteiger partial charge in [0.1, 0.15) is 12.2 Å². The Morgan fingerprint density at radius 2 is 1.74 bits per heavy atom. The molecule has 238 valence electrons. The van der Waals surface area contributed by atoms with E-state index in [0.29, 0.717) is 30.7 Å². The Bertz CT molecular complexity index is 1240. The van der Waals surface area contributed by atoms with Crippen molar-refractivity contribution in [1.29, 1.82) is 0 Å². The number of aliphatic imine (C=N–C) groups is 1. The lowest BCUT2D eigenvalue weighted by Gasteiger charge is -2.42. The van der Waals surface area contributed by atoms with E-state index in [1.165, 1.54) is 13.8 Å². The fraction of sp³-hybridized carbons (Fsp3) is 0.656. The summed E-state index contributed by atoms with van der Waals surface area (Å²) < 4.78 is 26.5. The predicted octanol–water partition coefficient (Wildman–Crippen LogP) is 5.79. The smallest absolute Gasteiger partial charge is 0.352 e. The standard InChI is InChI=1S/C32H44FIN2O7/c1-19-15-30(5)16-20(2)27(38)31(6,33)29(39)43-28(34)32(7,40)25(21(3)26(19)35-22(4)37)14-13-24(18-41-30)36-42-17-23-11-9-8-10-12-23/h8-12,19-21,25,28,40H,13-18H2,1-7H3/b35-26+,36-24+/t19-,20-,21-,25-,28+,30-,31+,32+/m1/s1. The van der Waals surface area contributed by atoms with Crippen molar-refractivity contribution in [3.63, 3.8) is 0 Å². The van der Waals surface area contributed by atoms with Gasteiger partial charge in [0.05, 0.1) is 17.9 Å². The Kier molecular flexibility index (Phi) is 11.7. The van der Waals surface area contributed by atoms with E-state index in [9.17, 15) is 19.5 Å². The van der Waals surface area contributed by atoms with Crippen LogP contribution in [0.1, 0.15) is 79.7 Å². The molecule has 8 atom stereocenters. The molecule has 2 saturated heterocycles. The summed E-state index contributed by atoms with van der Waals surface area (Å²) in [6.45, 7) is 11.3. The van der Waals surface area contributed by atoms with Crippen LogP contribution in [0.3, 0.4) is 0 Å². The van der Waals surface area contributed by atoms with Crippen molar-refractivity contribution < 1.29 is 38.2 Å². The second-order valence-corrected chi connectivity index (χ2v) is 13.8. The molecule has 0 unspecified atom stereocenters. The summed E-state index contributed by atoms with van der Waals surface area (Å²) in [5.41, 5.74) is -3.52. The van der Waals surface area contributed by atoms with E-state index in [0.717, 1.165) is 12.5 Å². The van der Waals surface area contributed by atoms with Crippen LogP contribution in [-0.2, 0) is 35.3 Å². The highest BCUT2D eigenvalue weighted by molar-refractivity contribution is 14.1. The third-order valence-corrected chi connectivity index (χ3v) is 10.2. The minimum Gasteiger partial charge on any atom is -0.446 e. The number of hydrogen-bond acceptors (Lipinski definition) is 8. The number of halogens is 2. The number of alkyl halides is 2. The van der Waals surface area contributed by atoms with Crippen LogP contribution in [0, 0.1) is 23.7 Å². The Hall–Kier alpha value is -2.25. The normalized spacial score (nSPS) is 38.5. The number of ketones is 1. The third-order valence-electron chi connectivity index (χ3n) is 8.65. The molecule has 2 bridgehead atoms. The van der Waals surface area contributed by atoms with Crippen LogP contribution in [0.4, 0.5) is 4.39 Å². The van der Waals surface area contributed by atoms with E-state index in [1.807, 2.05) is 51.1 Å².